The monoisotopic (exact) mass is 365 g/mol. The molecular formula is C20H20FN5O. The average Bonchev–Trinajstić information content (AvgIpc) is 3.03. The quantitative estimate of drug-likeness (QED) is 0.657. The van der Waals surface area contributed by atoms with Crippen LogP contribution in [-0.2, 0) is 7.05 Å². The van der Waals surface area contributed by atoms with E-state index >= 15 is 0 Å². The Balaban J connectivity index is 2.01. The lowest BCUT2D eigenvalue weighted by Crippen LogP contribution is -2.22. The summed E-state index contributed by atoms with van der Waals surface area (Å²) in [4.78, 5) is 6.23. The van der Waals surface area contributed by atoms with Crippen LogP contribution in [0.4, 0.5) is 10.2 Å². The Bertz CT molecular complexity index is 971. The fourth-order valence-corrected chi connectivity index (χ4v) is 2.77. The van der Waals surface area contributed by atoms with Crippen molar-refractivity contribution in [3.8, 4) is 29.0 Å². The third-order valence-electron chi connectivity index (χ3n) is 4.24. The highest BCUT2D eigenvalue weighted by Crippen LogP contribution is 2.34. The minimum absolute atomic E-state index is 0.412. The predicted octanol–water partition coefficient (Wildman–Crippen LogP) is 4.13. The SMILES string of the molecule is CCN(CC)c1cc(Oc2cc(C#N)ccc2-c2ccc(F)cn2)n(C)n1. The van der Waals surface area contributed by atoms with Crippen LogP contribution in [-0.4, -0.2) is 27.9 Å². The van der Waals surface area contributed by atoms with Crippen molar-refractivity contribution in [1.29, 1.82) is 5.26 Å². The molecule has 0 aliphatic rings. The minimum Gasteiger partial charge on any atom is -0.438 e. The number of anilines is 1. The lowest BCUT2D eigenvalue weighted by molar-refractivity contribution is 0.432. The van der Waals surface area contributed by atoms with E-state index in [0.717, 1.165) is 25.1 Å². The van der Waals surface area contributed by atoms with Crippen LogP contribution in [0, 0.1) is 17.1 Å². The topological polar surface area (TPSA) is 67.0 Å². The molecule has 0 spiro atoms. The Hall–Kier alpha value is -3.40. The predicted molar refractivity (Wildman–Crippen MR) is 101 cm³/mol. The zero-order valence-electron chi connectivity index (χ0n) is 15.5. The highest BCUT2D eigenvalue weighted by atomic mass is 19.1. The third kappa shape index (κ3) is 3.90. The van der Waals surface area contributed by atoms with E-state index in [9.17, 15) is 9.65 Å². The summed E-state index contributed by atoms with van der Waals surface area (Å²) in [6.45, 7) is 5.80. The van der Waals surface area contributed by atoms with Crippen LogP contribution in [0.2, 0.25) is 0 Å². The number of ether oxygens (including phenoxy) is 1. The Morgan fingerprint density at radius 2 is 1.96 bits per heavy atom. The molecule has 0 radical (unpaired) electrons. The summed E-state index contributed by atoms with van der Waals surface area (Å²) in [5.74, 6) is 1.40. The van der Waals surface area contributed by atoms with Crippen LogP contribution in [0.15, 0.2) is 42.6 Å². The van der Waals surface area contributed by atoms with Crippen molar-refractivity contribution in [1.82, 2.24) is 14.8 Å². The number of benzene rings is 1. The van der Waals surface area contributed by atoms with Gasteiger partial charge in [0.1, 0.15) is 11.6 Å². The van der Waals surface area contributed by atoms with Crippen molar-refractivity contribution in [2.75, 3.05) is 18.0 Å². The summed E-state index contributed by atoms with van der Waals surface area (Å²) in [5, 5.41) is 13.7. The van der Waals surface area contributed by atoms with Crippen LogP contribution < -0.4 is 9.64 Å². The highest BCUT2D eigenvalue weighted by molar-refractivity contribution is 5.69. The van der Waals surface area contributed by atoms with E-state index in [1.54, 1.807) is 36.0 Å². The molecule has 0 saturated carbocycles. The van der Waals surface area contributed by atoms with E-state index in [1.807, 2.05) is 6.07 Å². The van der Waals surface area contributed by atoms with Crippen molar-refractivity contribution in [3.05, 3.63) is 54.0 Å². The molecule has 0 N–H and O–H groups in total. The second-order valence-corrected chi connectivity index (χ2v) is 5.92. The number of aryl methyl sites for hydroxylation is 1. The summed E-state index contributed by atoms with van der Waals surface area (Å²) >= 11 is 0. The molecule has 2 aromatic heterocycles. The van der Waals surface area contributed by atoms with Crippen LogP contribution >= 0.6 is 0 Å². The molecule has 0 amide bonds. The standard InChI is InChI=1S/C20H20FN5O/c1-4-26(5-2)19-11-20(25(3)24-19)27-18-10-14(12-22)6-8-16(18)17-9-7-15(21)13-23-17/h6-11,13H,4-5H2,1-3H3. The fraction of sp³-hybridized carbons (Fsp3) is 0.250. The van der Waals surface area contributed by atoms with Gasteiger partial charge in [-0.15, -0.1) is 0 Å². The summed E-state index contributed by atoms with van der Waals surface area (Å²) < 4.78 is 20.9. The molecule has 3 aromatic rings. The van der Waals surface area contributed by atoms with Gasteiger partial charge in [-0.05, 0) is 44.2 Å². The summed E-state index contributed by atoms with van der Waals surface area (Å²) in [5.41, 5.74) is 1.68. The Kier molecular flexibility index (Phi) is 5.36. The first kappa shape index (κ1) is 18.4. The molecule has 3 rings (SSSR count). The van der Waals surface area contributed by atoms with Crippen molar-refractivity contribution < 1.29 is 9.13 Å². The van der Waals surface area contributed by atoms with E-state index in [1.165, 1.54) is 6.07 Å². The zero-order valence-corrected chi connectivity index (χ0v) is 15.5. The van der Waals surface area contributed by atoms with Crippen LogP contribution in [0.25, 0.3) is 11.3 Å². The number of hydrogen-bond acceptors (Lipinski definition) is 5. The van der Waals surface area contributed by atoms with Crippen LogP contribution in [0.5, 0.6) is 11.6 Å². The number of nitriles is 1. The van der Waals surface area contributed by atoms with Crippen molar-refractivity contribution in [3.63, 3.8) is 0 Å². The van der Waals surface area contributed by atoms with E-state index in [-0.39, 0.29) is 0 Å². The van der Waals surface area contributed by atoms with Crippen LogP contribution in [0.1, 0.15) is 19.4 Å². The van der Waals surface area contributed by atoms with Gasteiger partial charge in [0.15, 0.2) is 5.82 Å². The maximum absolute atomic E-state index is 13.2. The minimum atomic E-state index is -0.412. The molecule has 0 atom stereocenters. The lowest BCUT2D eigenvalue weighted by atomic mass is 10.1. The van der Waals surface area contributed by atoms with Gasteiger partial charge in [-0.1, -0.05) is 0 Å². The number of hydrogen-bond donors (Lipinski definition) is 0. The molecule has 0 fully saturated rings. The summed E-state index contributed by atoms with van der Waals surface area (Å²) in [7, 11) is 1.80. The van der Waals surface area contributed by atoms with Gasteiger partial charge in [0, 0.05) is 31.8 Å². The number of nitrogens with zero attached hydrogens (tertiary/aromatic N) is 5. The van der Waals surface area contributed by atoms with Crippen molar-refractivity contribution in [2.24, 2.45) is 7.05 Å². The van der Waals surface area contributed by atoms with Gasteiger partial charge in [0.2, 0.25) is 5.88 Å². The van der Waals surface area contributed by atoms with Gasteiger partial charge in [-0.25, -0.2) is 9.07 Å². The third-order valence-corrected chi connectivity index (χ3v) is 4.24. The molecule has 7 heteroatoms. The van der Waals surface area contributed by atoms with Crippen molar-refractivity contribution >= 4 is 5.82 Å². The summed E-state index contributed by atoms with van der Waals surface area (Å²) in [6, 6.07) is 11.9. The van der Waals surface area contributed by atoms with E-state index in [2.05, 4.69) is 34.9 Å². The smallest absolute Gasteiger partial charge is 0.219 e. The van der Waals surface area contributed by atoms with E-state index in [0.29, 0.717) is 28.5 Å². The maximum atomic E-state index is 13.2. The van der Waals surface area contributed by atoms with Gasteiger partial charge in [-0.2, -0.15) is 10.4 Å². The molecule has 27 heavy (non-hydrogen) atoms. The van der Waals surface area contributed by atoms with Crippen molar-refractivity contribution in [2.45, 2.75) is 13.8 Å². The van der Waals surface area contributed by atoms with Gasteiger partial charge in [0.25, 0.3) is 0 Å². The largest absolute Gasteiger partial charge is 0.438 e. The van der Waals surface area contributed by atoms with E-state index < -0.39 is 5.82 Å². The zero-order chi connectivity index (χ0) is 19.4. The molecule has 6 nitrogen and oxygen atoms in total. The molecule has 0 aliphatic carbocycles. The Morgan fingerprint density at radius 1 is 1.19 bits per heavy atom. The van der Waals surface area contributed by atoms with Gasteiger partial charge in [0.05, 0.1) is 23.5 Å². The molecule has 138 valence electrons. The second-order valence-electron chi connectivity index (χ2n) is 5.92. The first-order valence-corrected chi connectivity index (χ1v) is 8.68. The Labute approximate surface area is 157 Å². The molecule has 0 unspecified atom stereocenters. The number of pyridine rings is 1. The summed E-state index contributed by atoms with van der Waals surface area (Å²) in [6.07, 6.45) is 1.15. The second kappa shape index (κ2) is 7.87. The molecular weight excluding hydrogens is 345 g/mol. The molecule has 0 bridgehead atoms. The normalized spacial score (nSPS) is 10.5. The highest BCUT2D eigenvalue weighted by Gasteiger charge is 2.15. The van der Waals surface area contributed by atoms with Crippen LogP contribution in [0.3, 0.4) is 0 Å². The Morgan fingerprint density at radius 3 is 2.59 bits per heavy atom. The fourth-order valence-electron chi connectivity index (χ4n) is 2.77. The first-order chi connectivity index (χ1) is 13.0. The molecule has 2 heterocycles. The maximum Gasteiger partial charge on any atom is 0.219 e. The molecule has 0 aliphatic heterocycles. The van der Waals surface area contributed by atoms with Gasteiger partial charge >= 0.3 is 0 Å². The van der Waals surface area contributed by atoms with Gasteiger partial charge in [-0.3, -0.25) is 4.98 Å². The molecule has 0 saturated heterocycles. The number of aromatic nitrogens is 3. The average molecular weight is 365 g/mol. The van der Waals surface area contributed by atoms with E-state index in [4.69, 9.17) is 4.74 Å². The number of rotatable bonds is 6. The first-order valence-electron chi connectivity index (χ1n) is 8.68. The number of halogens is 1. The molecule has 1 aromatic carbocycles. The van der Waals surface area contributed by atoms with Gasteiger partial charge < -0.3 is 9.64 Å². The lowest BCUT2D eigenvalue weighted by Gasteiger charge is -2.16.